The number of hydrogen-bond donors (Lipinski definition) is 2. The Bertz CT molecular complexity index is 798. The minimum atomic E-state index is -0.160. The molecule has 3 rings (SSSR count). The Kier molecular flexibility index (Phi) is 4.13. The predicted molar refractivity (Wildman–Crippen MR) is 96.1 cm³/mol. The maximum absolute atomic E-state index is 12.1. The number of anilines is 1. The van der Waals surface area contributed by atoms with Crippen molar-refractivity contribution in [2.45, 2.75) is 31.1 Å². The Balaban J connectivity index is 1.67. The van der Waals surface area contributed by atoms with Gasteiger partial charge in [0, 0.05) is 4.90 Å². The third-order valence-corrected chi connectivity index (χ3v) is 4.34. The number of aromatic amines is 1. The SMILES string of the molecule is CC(C)(C)c1ccc(SC(=O)Nc2nc3ccccc3[nH]2)cc1. The van der Waals surface area contributed by atoms with Crippen molar-refractivity contribution in [2.75, 3.05) is 5.32 Å². The van der Waals surface area contributed by atoms with E-state index in [0.29, 0.717) is 5.95 Å². The van der Waals surface area contributed by atoms with Crippen molar-refractivity contribution in [3.05, 3.63) is 54.1 Å². The lowest BCUT2D eigenvalue weighted by molar-refractivity contribution is 0.269. The Labute approximate surface area is 139 Å². The molecule has 0 aliphatic heterocycles. The van der Waals surface area contributed by atoms with E-state index in [1.165, 1.54) is 5.56 Å². The molecule has 23 heavy (non-hydrogen) atoms. The molecule has 2 N–H and O–H groups in total. The summed E-state index contributed by atoms with van der Waals surface area (Å²) in [6.45, 7) is 6.51. The first-order chi connectivity index (χ1) is 10.9. The van der Waals surface area contributed by atoms with Gasteiger partial charge in [-0.25, -0.2) is 4.98 Å². The highest BCUT2D eigenvalue weighted by molar-refractivity contribution is 8.13. The van der Waals surface area contributed by atoms with E-state index in [0.717, 1.165) is 27.7 Å². The molecule has 0 unspecified atom stereocenters. The second kappa shape index (κ2) is 6.08. The summed E-state index contributed by atoms with van der Waals surface area (Å²) in [5.74, 6) is 0.468. The largest absolute Gasteiger partial charge is 0.324 e. The number of benzene rings is 2. The van der Waals surface area contributed by atoms with E-state index in [1.54, 1.807) is 0 Å². The van der Waals surface area contributed by atoms with Gasteiger partial charge in [-0.05, 0) is 47.0 Å². The fraction of sp³-hybridized carbons (Fsp3) is 0.222. The van der Waals surface area contributed by atoms with Gasteiger partial charge in [0.05, 0.1) is 11.0 Å². The second-order valence-electron chi connectivity index (χ2n) is 6.39. The van der Waals surface area contributed by atoms with Crippen LogP contribution in [0.4, 0.5) is 10.7 Å². The molecule has 3 aromatic rings. The molecule has 0 saturated carbocycles. The zero-order valence-corrected chi connectivity index (χ0v) is 14.2. The van der Waals surface area contributed by atoms with Crippen LogP contribution in [0.2, 0.25) is 0 Å². The highest BCUT2D eigenvalue weighted by atomic mass is 32.2. The summed E-state index contributed by atoms with van der Waals surface area (Å²) in [5.41, 5.74) is 3.10. The number of para-hydroxylation sites is 2. The molecular formula is C18H19N3OS. The van der Waals surface area contributed by atoms with Gasteiger partial charge in [-0.3, -0.25) is 10.1 Å². The van der Waals surface area contributed by atoms with Crippen LogP contribution in [0.15, 0.2) is 53.4 Å². The normalized spacial score (nSPS) is 11.6. The molecule has 0 bridgehead atoms. The van der Waals surface area contributed by atoms with Gasteiger partial charge in [-0.2, -0.15) is 0 Å². The molecular weight excluding hydrogens is 306 g/mol. The second-order valence-corrected chi connectivity index (χ2v) is 7.44. The van der Waals surface area contributed by atoms with Gasteiger partial charge >= 0.3 is 0 Å². The fourth-order valence-electron chi connectivity index (χ4n) is 2.26. The number of aromatic nitrogens is 2. The summed E-state index contributed by atoms with van der Waals surface area (Å²) in [6.07, 6.45) is 0. The number of H-pyrrole nitrogens is 1. The number of hydrogen-bond acceptors (Lipinski definition) is 3. The average Bonchev–Trinajstić information content (AvgIpc) is 2.88. The van der Waals surface area contributed by atoms with Crippen LogP contribution in [0.25, 0.3) is 11.0 Å². The zero-order valence-electron chi connectivity index (χ0n) is 13.4. The molecule has 4 nitrogen and oxygen atoms in total. The van der Waals surface area contributed by atoms with Crippen molar-refractivity contribution in [3.8, 4) is 0 Å². The first kappa shape index (κ1) is 15.6. The molecule has 0 atom stereocenters. The molecule has 0 spiro atoms. The predicted octanol–water partition coefficient (Wildman–Crippen LogP) is 5.18. The van der Waals surface area contributed by atoms with Crippen molar-refractivity contribution in [1.82, 2.24) is 9.97 Å². The van der Waals surface area contributed by atoms with Crippen molar-refractivity contribution >= 4 is 34.0 Å². The van der Waals surface area contributed by atoms with E-state index >= 15 is 0 Å². The molecule has 0 aliphatic carbocycles. The van der Waals surface area contributed by atoms with E-state index in [4.69, 9.17) is 0 Å². The molecule has 1 amide bonds. The van der Waals surface area contributed by atoms with Crippen LogP contribution in [0, 0.1) is 0 Å². The molecule has 2 aromatic carbocycles. The molecule has 1 aromatic heterocycles. The quantitative estimate of drug-likeness (QED) is 0.638. The number of rotatable bonds is 2. The Morgan fingerprint density at radius 3 is 2.43 bits per heavy atom. The molecule has 5 heteroatoms. The Hall–Kier alpha value is -2.27. The number of carbonyl (C=O) groups is 1. The van der Waals surface area contributed by atoms with E-state index in [9.17, 15) is 4.79 Å². The third kappa shape index (κ3) is 3.74. The van der Waals surface area contributed by atoms with Crippen molar-refractivity contribution < 1.29 is 4.79 Å². The topological polar surface area (TPSA) is 57.8 Å². The van der Waals surface area contributed by atoms with Gasteiger partial charge < -0.3 is 4.98 Å². The summed E-state index contributed by atoms with van der Waals surface area (Å²) < 4.78 is 0. The number of nitrogens with one attached hydrogen (secondary N) is 2. The van der Waals surface area contributed by atoms with Crippen LogP contribution in [0.3, 0.4) is 0 Å². The highest BCUT2D eigenvalue weighted by Gasteiger charge is 2.14. The van der Waals surface area contributed by atoms with Gasteiger partial charge in [-0.1, -0.05) is 45.0 Å². The lowest BCUT2D eigenvalue weighted by Crippen LogP contribution is -2.10. The lowest BCUT2D eigenvalue weighted by Gasteiger charge is -2.18. The summed E-state index contributed by atoms with van der Waals surface area (Å²) >= 11 is 1.16. The fourth-order valence-corrected chi connectivity index (χ4v) is 2.90. The Morgan fingerprint density at radius 2 is 1.78 bits per heavy atom. The van der Waals surface area contributed by atoms with Crippen LogP contribution >= 0.6 is 11.8 Å². The smallest absolute Gasteiger partial charge is 0.290 e. The Morgan fingerprint density at radius 1 is 1.09 bits per heavy atom. The van der Waals surface area contributed by atoms with E-state index in [1.807, 2.05) is 36.4 Å². The maximum atomic E-state index is 12.1. The van der Waals surface area contributed by atoms with Crippen LogP contribution in [-0.4, -0.2) is 15.2 Å². The molecule has 0 aliphatic rings. The number of thioether (sulfide) groups is 1. The van der Waals surface area contributed by atoms with E-state index in [-0.39, 0.29) is 10.7 Å². The summed E-state index contributed by atoms with van der Waals surface area (Å²) in [5, 5.41) is 2.62. The summed E-state index contributed by atoms with van der Waals surface area (Å²) in [6, 6.07) is 15.8. The third-order valence-electron chi connectivity index (χ3n) is 3.54. The van der Waals surface area contributed by atoms with Crippen molar-refractivity contribution in [1.29, 1.82) is 0 Å². The number of nitrogens with zero attached hydrogens (tertiary/aromatic N) is 1. The molecule has 1 heterocycles. The minimum Gasteiger partial charge on any atom is -0.324 e. The number of fused-ring (bicyclic) bond motifs is 1. The first-order valence-corrected chi connectivity index (χ1v) is 8.27. The van der Waals surface area contributed by atoms with Gasteiger partial charge in [-0.15, -0.1) is 0 Å². The van der Waals surface area contributed by atoms with Crippen LogP contribution in [-0.2, 0) is 5.41 Å². The van der Waals surface area contributed by atoms with Crippen LogP contribution < -0.4 is 5.32 Å². The lowest BCUT2D eigenvalue weighted by atomic mass is 9.87. The van der Waals surface area contributed by atoms with Crippen molar-refractivity contribution in [3.63, 3.8) is 0 Å². The van der Waals surface area contributed by atoms with Gasteiger partial charge in [0.15, 0.2) is 0 Å². The monoisotopic (exact) mass is 325 g/mol. The molecule has 118 valence electrons. The van der Waals surface area contributed by atoms with E-state index < -0.39 is 0 Å². The van der Waals surface area contributed by atoms with Crippen LogP contribution in [0.5, 0.6) is 0 Å². The molecule has 0 radical (unpaired) electrons. The van der Waals surface area contributed by atoms with Crippen molar-refractivity contribution in [2.24, 2.45) is 0 Å². The molecule has 0 fully saturated rings. The zero-order chi connectivity index (χ0) is 16.4. The average molecular weight is 325 g/mol. The van der Waals surface area contributed by atoms with Gasteiger partial charge in [0.25, 0.3) is 5.24 Å². The number of carbonyl (C=O) groups excluding carboxylic acids is 1. The van der Waals surface area contributed by atoms with E-state index in [2.05, 4.69) is 48.2 Å². The van der Waals surface area contributed by atoms with Crippen LogP contribution in [0.1, 0.15) is 26.3 Å². The number of imidazole rings is 1. The molecule has 0 saturated heterocycles. The summed E-state index contributed by atoms with van der Waals surface area (Å²) in [4.78, 5) is 20.5. The maximum Gasteiger partial charge on any atom is 0.290 e. The summed E-state index contributed by atoms with van der Waals surface area (Å²) in [7, 11) is 0. The van der Waals surface area contributed by atoms with Gasteiger partial charge in [0.2, 0.25) is 5.95 Å². The number of amides is 1. The van der Waals surface area contributed by atoms with Gasteiger partial charge in [0.1, 0.15) is 0 Å². The standard InChI is InChI=1S/C18H19N3OS/c1-18(2,3)12-8-10-13(11-9-12)23-17(22)21-16-19-14-6-4-5-7-15(14)20-16/h4-11H,1-3H3,(H2,19,20,21,22). The first-order valence-electron chi connectivity index (χ1n) is 7.46. The minimum absolute atomic E-state index is 0.111. The highest BCUT2D eigenvalue weighted by Crippen LogP contribution is 2.26.